The molecule has 12 heteroatoms. The molecule has 8 nitrogen and oxygen atoms in total. The molecular weight excluding hydrogens is 469 g/mol. The van der Waals surface area contributed by atoms with Gasteiger partial charge in [0.1, 0.15) is 27.8 Å². The first-order valence-corrected chi connectivity index (χ1v) is 11.6. The number of hydrogen-bond acceptors (Lipinski definition) is 7. The van der Waals surface area contributed by atoms with Crippen LogP contribution in [0.3, 0.4) is 0 Å². The first kappa shape index (κ1) is 27.3. The number of halogens is 3. The molecule has 0 saturated carbocycles. The van der Waals surface area contributed by atoms with Crippen LogP contribution in [0.4, 0.5) is 23.9 Å². The van der Waals surface area contributed by atoms with Crippen molar-refractivity contribution in [2.24, 2.45) is 12.8 Å². The highest BCUT2D eigenvalue weighted by Crippen LogP contribution is 2.33. The van der Waals surface area contributed by atoms with E-state index in [-0.39, 0.29) is 27.3 Å². The van der Waals surface area contributed by atoms with Crippen molar-refractivity contribution in [3.8, 4) is 10.6 Å². The number of hydrogen-bond donors (Lipinski definition) is 3. The number of benzene rings is 1. The summed E-state index contributed by atoms with van der Waals surface area (Å²) in [4.78, 5) is 16.2. The average Bonchev–Trinajstić information content (AvgIpc) is 3.34. The average molecular weight is 499 g/mol. The van der Waals surface area contributed by atoms with Crippen molar-refractivity contribution in [2.45, 2.75) is 38.9 Å². The fourth-order valence-corrected chi connectivity index (χ4v) is 3.77. The molecule has 3 heterocycles. The minimum absolute atomic E-state index is 0.00874. The van der Waals surface area contributed by atoms with Crippen molar-refractivity contribution in [1.29, 1.82) is 0 Å². The van der Waals surface area contributed by atoms with E-state index >= 15 is 0 Å². The van der Waals surface area contributed by atoms with Crippen molar-refractivity contribution in [1.82, 2.24) is 14.8 Å². The van der Waals surface area contributed by atoms with Gasteiger partial charge in [0.25, 0.3) is 5.91 Å². The number of rotatable bonds is 3. The van der Waals surface area contributed by atoms with E-state index in [2.05, 4.69) is 15.4 Å². The number of amides is 1. The maximum absolute atomic E-state index is 13.8. The van der Waals surface area contributed by atoms with Gasteiger partial charge in [0.2, 0.25) is 0 Å². The molecule has 1 amide bonds. The first-order chi connectivity index (χ1) is 16.3. The number of alkyl halides is 1. The Morgan fingerprint density at radius 2 is 1.88 bits per heavy atom. The first-order valence-electron chi connectivity index (χ1n) is 10.7. The summed E-state index contributed by atoms with van der Waals surface area (Å²) >= 11 is 0.845. The number of nitrogens with one attached hydrogen (secondary N) is 1. The minimum Gasteiger partial charge on any atom is -0.389 e. The summed E-state index contributed by atoms with van der Waals surface area (Å²) in [5, 5.41) is 6.57. The largest absolute Gasteiger partial charge is 0.389 e. The zero-order valence-corrected chi connectivity index (χ0v) is 20.0. The third kappa shape index (κ3) is 7.27. The molecule has 5 N–H and O–H groups in total. The normalized spacial score (nSPS) is 17.5. The number of carbonyl (C=O) groups is 1. The molecule has 1 fully saturated rings. The van der Waals surface area contributed by atoms with E-state index in [9.17, 15) is 18.0 Å². The van der Waals surface area contributed by atoms with Gasteiger partial charge in [-0.1, -0.05) is 31.3 Å². The fourth-order valence-electron chi connectivity index (χ4n) is 2.89. The molecule has 34 heavy (non-hydrogen) atoms. The van der Waals surface area contributed by atoms with Crippen molar-refractivity contribution >= 4 is 27.9 Å². The van der Waals surface area contributed by atoms with Crippen LogP contribution in [0.5, 0.6) is 0 Å². The van der Waals surface area contributed by atoms with Gasteiger partial charge in [-0.05, 0) is 18.6 Å². The van der Waals surface area contributed by atoms with Crippen LogP contribution in [0.2, 0.25) is 0 Å². The lowest BCUT2D eigenvalue weighted by Crippen LogP contribution is -2.30. The van der Waals surface area contributed by atoms with Crippen LogP contribution in [0, 0.1) is 11.6 Å². The SMILES string of the molecule is CC.Cn1cc(NC(=O)c2nc(-c3c(F)cccc3F)sc2N)cn1.NC1CCOCCC1F. The number of nitrogens with two attached hydrogens (primary N) is 2. The number of thiazole rings is 1. The van der Waals surface area contributed by atoms with Crippen LogP contribution >= 0.6 is 11.3 Å². The zero-order chi connectivity index (χ0) is 25.3. The maximum atomic E-state index is 13.8. The van der Waals surface area contributed by atoms with Gasteiger partial charge in [-0.3, -0.25) is 9.48 Å². The molecule has 0 radical (unpaired) electrons. The Kier molecular flexibility index (Phi) is 10.5. The topological polar surface area (TPSA) is 121 Å². The molecule has 0 aliphatic carbocycles. The molecule has 1 aromatic carbocycles. The van der Waals surface area contributed by atoms with E-state index in [0.717, 1.165) is 23.5 Å². The van der Waals surface area contributed by atoms with Crippen molar-refractivity contribution in [2.75, 3.05) is 24.3 Å². The number of nitrogens with zero attached hydrogens (tertiary/aromatic N) is 3. The van der Waals surface area contributed by atoms with Crippen LogP contribution in [0.1, 0.15) is 37.2 Å². The third-order valence-electron chi connectivity index (χ3n) is 4.61. The molecule has 3 aromatic rings. The van der Waals surface area contributed by atoms with Crippen LogP contribution in [-0.4, -0.2) is 46.1 Å². The summed E-state index contributed by atoms with van der Waals surface area (Å²) in [7, 11) is 1.70. The van der Waals surface area contributed by atoms with Crippen molar-refractivity contribution < 1.29 is 22.7 Å². The minimum atomic E-state index is -0.854. The summed E-state index contributed by atoms with van der Waals surface area (Å²) in [6.07, 6.45) is 3.31. The summed E-state index contributed by atoms with van der Waals surface area (Å²) in [5.41, 5.74) is 11.3. The summed E-state index contributed by atoms with van der Waals surface area (Å²) in [6, 6.07) is 3.19. The van der Waals surface area contributed by atoms with Gasteiger partial charge in [-0.25, -0.2) is 18.2 Å². The quantitative estimate of drug-likeness (QED) is 0.499. The van der Waals surface area contributed by atoms with Crippen LogP contribution in [0.15, 0.2) is 30.6 Å². The lowest BCUT2D eigenvalue weighted by molar-refractivity contribution is 0.102. The predicted octanol–water partition coefficient (Wildman–Crippen LogP) is 4.14. The summed E-state index contributed by atoms with van der Waals surface area (Å²) in [6.45, 7) is 5.14. The molecule has 2 unspecified atom stereocenters. The van der Waals surface area contributed by atoms with Gasteiger partial charge in [0.15, 0.2) is 5.69 Å². The predicted molar refractivity (Wildman–Crippen MR) is 127 cm³/mol. The van der Waals surface area contributed by atoms with Gasteiger partial charge in [0.05, 0.1) is 17.4 Å². The number of ether oxygens (including phenoxy) is 1. The van der Waals surface area contributed by atoms with E-state index in [0.29, 0.717) is 31.7 Å². The molecule has 2 aromatic heterocycles. The van der Waals surface area contributed by atoms with Crippen LogP contribution in [0.25, 0.3) is 10.6 Å². The Hall–Kier alpha value is -2.96. The molecule has 4 rings (SSSR count). The monoisotopic (exact) mass is 498 g/mol. The van der Waals surface area contributed by atoms with Gasteiger partial charge < -0.3 is 21.5 Å². The molecule has 186 valence electrons. The highest BCUT2D eigenvalue weighted by molar-refractivity contribution is 7.19. The van der Waals surface area contributed by atoms with Crippen LogP contribution in [-0.2, 0) is 11.8 Å². The lowest BCUT2D eigenvalue weighted by Gasteiger charge is -2.09. The Bertz CT molecular complexity index is 1040. The Labute approximate surface area is 200 Å². The number of aryl methyl sites for hydroxylation is 1. The van der Waals surface area contributed by atoms with Crippen LogP contribution < -0.4 is 16.8 Å². The molecule has 1 saturated heterocycles. The van der Waals surface area contributed by atoms with E-state index in [1.807, 2.05) is 13.8 Å². The number of carbonyl (C=O) groups excluding carboxylic acids is 1. The van der Waals surface area contributed by atoms with E-state index in [4.69, 9.17) is 16.2 Å². The van der Waals surface area contributed by atoms with E-state index < -0.39 is 23.7 Å². The molecular formula is C22H29F3N6O2S. The maximum Gasteiger partial charge on any atom is 0.277 e. The zero-order valence-electron chi connectivity index (χ0n) is 19.2. The number of anilines is 2. The third-order valence-corrected chi connectivity index (χ3v) is 5.51. The molecule has 1 aliphatic rings. The van der Waals surface area contributed by atoms with Crippen molar-refractivity contribution in [3.05, 3.63) is 47.9 Å². The van der Waals surface area contributed by atoms with Crippen molar-refractivity contribution in [3.63, 3.8) is 0 Å². The van der Waals surface area contributed by atoms with E-state index in [1.54, 1.807) is 13.2 Å². The molecule has 0 bridgehead atoms. The highest BCUT2D eigenvalue weighted by atomic mass is 32.1. The standard InChI is InChI=1S/C14H11F2N5OS.C6H12FNO.C2H6/c1-21-6-7(5-18-21)19-13(22)11-12(17)23-14(20-11)10-8(15)3-2-4-9(10)16;7-5-1-3-9-4-2-6(5)8;1-2/h2-6H,17H2,1H3,(H,19,22);5-6H,1-4,8H2;1-2H3. The summed E-state index contributed by atoms with van der Waals surface area (Å²) < 4.78 is 46.8. The van der Waals surface area contributed by atoms with Gasteiger partial charge >= 0.3 is 0 Å². The molecule has 0 spiro atoms. The Balaban J connectivity index is 0.000000311. The Morgan fingerprint density at radius 1 is 1.24 bits per heavy atom. The smallest absolute Gasteiger partial charge is 0.277 e. The fraction of sp³-hybridized carbons (Fsp3) is 0.409. The second kappa shape index (κ2) is 13.1. The molecule has 1 aliphatic heterocycles. The summed E-state index contributed by atoms with van der Waals surface area (Å²) in [5.74, 6) is -2.11. The van der Waals surface area contributed by atoms with Gasteiger partial charge in [0, 0.05) is 38.9 Å². The lowest BCUT2D eigenvalue weighted by atomic mass is 10.1. The Morgan fingerprint density at radius 3 is 2.50 bits per heavy atom. The molecule has 2 atom stereocenters. The number of aromatic nitrogens is 3. The second-order valence-corrected chi connectivity index (χ2v) is 8.09. The van der Waals surface area contributed by atoms with E-state index in [1.165, 1.54) is 16.9 Å². The van der Waals surface area contributed by atoms with Gasteiger partial charge in [-0.2, -0.15) is 5.10 Å². The second-order valence-electron chi connectivity index (χ2n) is 7.05. The highest BCUT2D eigenvalue weighted by Gasteiger charge is 2.22. The number of nitrogen functional groups attached to an aromatic ring is 1. The van der Waals surface area contributed by atoms with Gasteiger partial charge in [-0.15, -0.1) is 0 Å².